The first-order valence-electron chi connectivity index (χ1n) is 8.24. The average Bonchev–Trinajstić information content (AvgIpc) is 2.54. The van der Waals surface area contributed by atoms with E-state index in [0.29, 0.717) is 24.8 Å². The molecule has 118 valence electrons. The van der Waals surface area contributed by atoms with Gasteiger partial charge in [0.1, 0.15) is 5.69 Å². The van der Waals surface area contributed by atoms with Crippen molar-refractivity contribution in [3.8, 4) is 0 Å². The van der Waals surface area contributed by atoms with Gasteiger partial charge in [-0.3, -0.25) is 14.6 Å². The summed E-state index contributed by atoms with van der Waals surface area (Å²) < 4.78 is 0. The van der Waals surface area contributed by atoms with Crippen LogP contribution in [0.2, 0.25) is 0 Å². The minimum absolute atomic E-state index is 0.0334. The van der Waals surface area contributed by atoms with Gasteiger partial charge in [0.15, 0.2) is 0 Å². The number of ketones is 1. The van der Waals surface area contributed by atoms with Crippen LogP contribution in [0.15, 0.2) is 24.4 Å². The topological polar surface area (TPSA) is 62.3 Å². The van der Waals surface area contributed by atoms with Gasteiger partial charge in [-0.25, -0.2) is 0 Å². The zero-order valence-electron chi connectivity index (χ0n) is 12.8. The molecular formula is C17H23N3O2. The molecule has 5 nitrogen and oxygen atoms in total. The van der Waals surface area contributed by atoms with E-state index in [0.717, 1.165) is 19.3 Å². The predicted molar refractivity (Wildman–Crippen MR) is 83.6 cm³/mol. The molecule has 1 aliphatic heterocycles. The van der Waals surface area contributed by atoms with E-state index in [1.54, 1.807) is 29.3 Å². The quantitative estimate of drug-likeness (QED) is 0.842. The van der Waals surface area contributed by atoms with Gasteiger partial charge in [-0.2, -0.15) is 0 Å². The number of carbonyl (C=O) groups excluding carboxylic acids is 2. The Morgan fingerprint density at radius 1 is 1.18 bits per heavy atom. The van der Waals surface area contributed by atoms with Crippen molar-refractivity contribution in [3.63, 3.8) is 0 Å². The summed E-state index contributed by atoms with van der Waals surface area (Å²) in [6.07, 6.45) is 8.46. The zero-order chi connectivity index (χ0) is 15.4. The van der Waals surface area contributed by atoms with Gasteiger partial charge >= 0.3 is 0 Å². The van der Waals surface area contributed by atoms with E-state index < -0.39 is 0 Å². The number of carbonyl (C=O) groups is 2. The fourth-order valence-corrected chi connectivity index (χ4v) is 3.28. The number of amides is 1. The SMILES string of the molecule is O=C(c1ccccn1)C1CCN1C(=O)CNC1CCCCC1. The molecule has 0 bridgehead atoms. The second kappa shape index (κ2) is 7.01. The summed E-state index contributed by atoms with van der Waals surface area (Å²) in [5.74, 6) is -0.0102. The Morgan fingerprint density at radius 3 is 2.64 bits per heavy atom. The van der Waals surface area contributed by atoms with Gasteiger partial charge in [-0.05, 0) is 31.4 Å². The summed E-state index contributed by atoms with van der Waals surface area (Å²) in [6, 6.07) is 5.44. The molecule has 0 radical (unpaired) electrons. The Balaban J connectivity index is 1.51. The maximum Gasteiger partial charge on any atom is 0.237 e. The van der Waals surface area contributed by atoms with E-state index >= 15 is 0 Å². The van der Waals surface area contributed by atoms with Crippen molar-refractivity contribution >= 4 is 11.7 Å². The highest BCUT2D eigenvalue weighted by Gasteiger charge is 2.38. The van der Waals surface area contributed by atoms with Gasteiger partial charge in [0.2, 0.25) is 11.7 Å². The van der Waals surface area contributed by atoms with Crippen LogP contribution >= 0.6 is 0 Å². The molecule has 5 heteroatoms. The minimum Gasteiger partial charge on any atom is -0.331 e. The molecule has 2 heterocycles. The Bertz CT molecular complexity index is 526. The number of Topliss-reactive ketones (excluding diaryl/α,β-unsaturated/α-hetero) is 1. The number of nitrogens with one attached hydrogen (secondary N) is 1. The molecule has 2 aliphatic rings. The number of nitrogens with zero attached hydrogens (tertiary/aromatic N) is 2. The highest BCUT2D eigenvalue weighted by atomic mass is 16.2. The Labute approximate surface area is 131 Å². The van der Waals surface area contributed by atoms with Crippen molar-refractivity contribution in [3.05, 3.63) is 30.1 Å². The molecule has 1 aromatic rings. The summed E-state index contributed by atoms with van der Waals surface area (Å²) in [7, 11) is 0. The highest BCUT2D eigenvalue weighted by Crippen LogP contribution is 2.21. The van der Waals surface area contributed by atoms with Gasteiger partial charge < -0.3 is 10.2 Å². The standard InChI is InChI=1S/C17H23N3O2/c21-16(12-19-13-6-2-1-3-7-13)20-11-9-15(20)17(22)14-8-4-5-10-18-14/h4-5,8,10,13,15,19H,1-3,6-7,9,11-12H2. The van der Waals surface area contributed by atoms with E-state index in [9.17, 15) is 9.59 Å². The smallest absolute Gasteiger partial charge is 0.237 e. The summed E-state index contributed by atoms with van der Waals surface area (Å²) in [5, 5.41) is 3.35. The van der Waals surface area contributed by atoms with E-state index in [2.05, 4.69) is 10.3 Å². The number of pyridine rings is 1. The maximum absolute atomic E-state index is 12.4. The van der Waals surface area contributed by atoms with Gasteiger partial charge in [-0.1, -0.05) is 25.3 Å². The fraction of sp³-hybridized carbons (Fsp3) is 0.588. The second-order valence-corrected chi connectivity index (χ2v) is 6.19. The van der Waals surface area contributed by atoms with Gasteiger partial charge in [0, 0.05) is 18.8 Å². The lowest BCUT2D eigenvalue weighted by atomic mass is 9.95. The lowest BCUT2D eigenvalue weighted by molar-refractivity contribution is -0.136. The van der Waals surface area contributed by atoms with Crippen LogP contribution in [0.3, 0.4) is 0 Å². The molecule has 22 heavy (non-hydrogen) atoms. The summed E-state index contributed by atoms with van der Waals surface area (Å²) in [4.78, 5) is 30.5. The van der Waals surface area contributed by atoms with E-state index in [4.69, 9.17) is 0 Å². The van der Waals surface area contributed by atoms with Crippen LogP contribution < -0.4 is 5.32 Å². The lowest BCUT2D eigenvalue weighted by Gasteiger charge is -2.40. The summed E-state index contributed by atoms with van der Waals surface area (Å²) in [5.41, 5.74) is 0.449. The molecular weight excluding hydrogens is 278 g/mol. The molecule has 0 spiro atoms. The van der Waals surface area contributed by atoms with Crippen molar-refractivity contribution < 1.29 is 9.59 Å². The third-order valence-electron chi connectivity index (χ3n) is 4.71. The molecule has 1 atom stereocenters. The molecule has 1 aliphatic carbocycles. The molecule has 1 unspecified atom stereocenters. The molecule has 3 rings (SSSR count). The van der Waals surface area contributed by atoms with E-state index in [1.165, 1.54) is 19.3 Å². The summed E-state index contributed by atoms with van der Waals surface area (Å²) in [6.45, 7) is 1.02. The first-order valence-corrected chi connectivity index (χ1v) is 8.24. The molecule has 1 N–H and O–H groups in total. The highest BCUT2D eigenvalue weighted by molar-refractivity contribution is 6.01. The molecule has 1 aromatic heterocycles. The van der Waals surface area contributed by atoms with Gasteiger partial charge in [0.25, 0.3) is 0 Å². The molecule has 2 fully saturated rings. The Kier molecular flexibility index (Phi) is 4.83. The number of rotatable bonds is 5. The lowest BCUT2D eigenvalue weighted by Crippen LogP contribution is -2.57. The van der Waals surface area contributed by atoms with Crippen LogP contribution in [0.5, 0.6) is 0 Å². The van der Waals surface area contributed by atoms with E-state index in [1.807, 2.05) is 0 Å². The number of hydrogen-bond donors (Lipinski definition) is 1. The zero-order valence-corrected chi connectivity index (χ0v) is 12.8. The van der Waals surface area contributed by atoms with Crippen molar-refractivity contribution in [2.45, 2.75) is 50.6 Å². The largest absolute Gasteiger partial charge is 0.331 e. The second-order valence-electron chi connectivity index (χ2n) is 6.19. The number of hydrogen-bond acceptors (Lipinski definition) is 4. The Morgan fingerprint density at radius 2 is 2.00 bits per heavy atom. The first-order chi connectivity index (χ1) is 10.8. The van der Waals surface area contributed by atoms with Gasteiger partial charge in [0.05, 0.1) is 12.6 Å². The maximum atomic E-state index is 12.4. The minimum atomic E-state index is -0.324. The van der Waals surface area contributed by atoms with Crippen LogP contribution in [0.4, 0.5) is 0 Å². The van der Waals surface area contributed by atoms with E-state index in [-0.39, 0.29) is 17.7 Å². The van der Waals surface area contributed by atoms with Crippen LogP contribution in [-0.2, 0) is 4.79 Å². The van der Waals surface area contributed by atoms with Crippen molar-refractivity contribution in [1.82, 2.24) is 15.2 Å². The normalized spacial score (nSPS) is 22.2. The number of likely N-dealkylation sites (tertiary alicyclic amines) is 1. The van der Waals surface area contributed by atoms with Crippen molar-refractivity contribution in [2.75, 3.05) is 13.1 Å². The molecule has 1 saturated heterocycles. The third-order valence-corrected chi connectivity index (χ3v) is 4.71. The molecule has 1 saturated carbocycles. The van der Waals surface area contributed by atoms with Crippen LogP contribution in [0, 0.1) is 0 Å². The Hall–Kier alpha value is -1.75. The molecule has 0 aromatic carbocycles. The first kappa shape index (κ1) is 15.2. The predicted octanol–water partition coefficient (Wildman–Crippen LogP) is 1.79. The van der Waals surface area contributed by atoms with Crippen LogP contribution in [0.1, 0.15) is 49.0 Å². The van der Waals surface area contributed by atoms with Crippen molar-refractivity contribution in [1.29, 1.82) is 0 Å². The summed E-state index contributed by atoms with van der Waals surface area (Å²) >= 11 is 0. The van der Waals surface area contributed by atoms with Crippen LogP contribution in [-0.4, -0.2) is 46.7 Å². The fourth-order valence-electron chi connectivity index (χ4n) is 3.28. The van der Waals surface area contributed by atoms with Gasteiger partial charge in [-0.15, -0.1) is 0 Å². The third kappa shape index (κ3) is 3.35. The monoisotopic (exact) mass is 301 g/mol. The number of aromatic nitrogens is 1. The van der Waals surface area contributed by atoms with Crippen LogP contribution in [0.25, 0.3) is 0 Å². The molecule has 1 amide bonds. The van der Waals surface area contributed by atoms with Crippen molar-refractivity contribution in [2.24, 2.45) is 0 Å². The average molecular weight is 301 g/mol.